The van der Waals surface area contributed by atoms with Crippen molar-refractivity contribution in [3.05, 3.63) is 58.0 Å². The Hall–Kier alpha value is -2.08. The largest absolute Gasteiger partial charge is 0.480 e. The van der Waals surface area contributed by atoms with Crippen LogP contribution in [0, 0.1) is 0 Å². The third-order valence-electron chi connectivity index (χ3n) is 4.14. The zero-order valence-electron chi connectivity index (χ0n) is 12.4. The van der Waals surface area contributed by atoms with Gasteiger partial charge in [0, 0.05) is 23.9 Å². The number of aryl methyl sites for hydroxylation is 1. The van der Waals surface area contributed by atoms with Crippen molar-refractivity contribution >= 4 is 27.8 Å². The normalized spacial score (nSPS) is 16.9. The average molecular weight is 378 g/mol. The van der Waals surface area contributed by atoms with E-state index in [0.717, 1.165) is 21.2 Å². The van der Waals surface area contributed by atoms with E-state index in [1.165, 1.54) is 4.90 Å². The smallest absolute Gasteiger partial charge is 0.326 e. The number of rotatable bonds is 4. The van der Waals surface area contributed by atoms with Crippen molar-refractivity contribution in [2.45, 2.75) is 31.8 Å². The van der Waals surface area contributed by atoms with E-state index in [0.29, 0.717) is 19.4 Å². The number of hydrogen-bond acceptors (Lipinski definition) is 3. The molecule has 23 heavy (non-hydrogen) atoms. The van der Waals surface area contributed by atoms with E-state index in [1.54, 1.807) is 12.5 Å². The molecule has 1 unspecified atom stereocenters. The van der Waals surface area contributed by atoms with E-state index < -0.39 is 12.0 Å². The number of hydrogen-bond donors (Lipinski definition) is 1. The molecule has 0 fully saturated rings. The number of carboxylic acids is 1. The molecule has 3 rings (SSSR count). The number of furan rings is 1. The molecule has 1 N–H and O–H groups in total. The quantitative estimate of drug-likeness (QED) is 0.888. The molecular formula is C17H16BrNO4. The second-order valence-corrected chi connectivity index (χ2v) is 6.44. The van der Waals surface area contributed by atoms with Gasteiger partial charge in [0.2, 0.25) is 5.91 Å². The van der Waals surface area contributed by atoms with Gasteiger partial charge in [-0.05, 0) is 35.2 Å². The molecule has 1 atom stereocenters. The van der Waals surface area contributed by atoms with E-state index in [1.807, 2.05) is 24.3 Å². The number of carbonyl (C=O) groups is 2. The van der Waals surface area contributed by atoms with E-state index in [2.05, 4.69) is 15.9 Å². The number of amides is 1. The zero-order valence-corrected chi connectivity index (χ0v) is 14.0. The van der Waals surface area contributed by atoms with Crippen molar-refractivity contribution in [2.24, 2.45) is 0 Å². The fraction of sp³-hybridized carbons (Fsp3) is 0.294. The highest BCUT2D eigenvalue weighted by Crippen LogP contribution is 2.30. The number of benzene rings is 1. The van der Waals surface area contributed by atoms with Crippen LogP contribution in [0.2, 0.25) is 0 Å². The molecule has 1 amide bonds. The fourth-order valence-electron chi connectivity index (χ4n) is 2.89. The van der Waals surface area contributed by atoms with E-state index >= 15 is 0 Å². The van der Waals surface area contributed by atoms with E-state index in [9.17, 15) is 14.7 Å². The molecule has 6 heteroatoms. The molecule has 5 nitrogen and oxygen atoms in total. The van der Waals surface area contributed by atoms with Gasteiger partial charge in [-0.15, -0.1) is 0 Å². The Bertz CT molecular complexity index is 726. The molecule has 0 saturated carbocycles. The maximum atomic E-state index is 12.5. The molecule has 0 saturated heterocycles. The maximum Gasteiger partial charge on any atom is 0.326 e. The predicted octanol–water partition coefficient (Wildman–Crippen LogP) is 3.01. The first-order valence-electron chi connectivity index (χ1n) is 7.36. The molecule has 2 aromatic rings. The highest BCUT2D eigenvalue weighted by Gasteiger charge is 2.34. The number of aliphatic carboxylic acids is 1. The lowest BCUT2D eigenvalue weighted by Crippen LogP contribution is -2.48. The van der Waals surface area contributed by atoms with Gasteiger partial charge >= 0.3 is 5.97 Å². The number of nitrogens with zero attached hydrogens (tertiary/aromatic N) is 1. The summed E-state index contributed by atoms with van der Waals surface area (Å²) < 4.78 is 5.88. The molecule has 0 aliphatic carbocycles. The third kappa shape index (κ3) is 3.32. The molecule has 2 heterocycles. The summed E-state index contributed by atoms with van der Waals surface area (Å²) in [4.78, 5) is 25.6. The summed E-state index contributed by atoms with van der Waals surface area (Å²) in [5, 5.41) is 9.50. The number of fused-ring (bicyclic) bond motifs is 1. The molecular weight excluding hydrogens is 362 g/mol. The lowest BCUT2D eigenvalue weighted by Gasteiger charge is -2.35. The lowest BCUT2D eigenvalue weighted by molar-refractivity contribution is -0.151. The van der Waals surface area contributed by atoms with Crippen molar-refractivity contribution in [2.75, 3.05) is 0 Å². The summed E-state index contributed by atoms with van der Waals surface area (Å²) in [5.41, 5.74) is 2.90. The van der Waals surface area contributed by atoms with Crippen LogP contribution in [0.15, 0.2) is 45.7 Å². The van der Waals surface area contributed by atoms with Crippen LogP contribution in [0.1, 0.15) is 23.1 Å². The molecule has 0 spiro atoms. The maximum absolute atomic E-state index is 12.5. The Labute approximate surface area is 142 Å². The minimum atomic E-state index is -0.969. The zero-order chi connectivity index (χ0) is 16.4. The molecule has 1 aromatic heterocycles. The van der Waals surface area contributed by atoms with Gasteiger partial charge in [0.25, 0.3) is 0 Å². The van der Waals surface area contributed by atoms with Crippen LogP contribution in [0.4, 0.5) is 0 Å². The Balaban J connectivity index is 1.79. The van der Waals surface area contributed by atoms with Crippen LogP contribution in [-0.2, 0) is 29.0 Å². The molecule has 0 bridgehead atoms. The summed E-state index contributed by atoms with van der Waals surface area (Å²) in [6, 6.07) is 6.73. The van der Waals surface area contributed by atoms with Gasteiger partial charge in [-0.2, -0.15) is 0 Å². The molecule has 120 valence electrons. The van der Waals surface area contributed by atoms with Gasteiger partial charge in [-0.3, -0.25) is 4.79 Å². The van der Waals surface area contributed by atoms with Gasteiger partial charge < -0.3 is 14.4 Å². The van der Waals surface area contributed by atoms with Gasteiger partial charge in [0.15, 0.2) is 0 Å². The number of carbonyl (C=O) groups excluding carboxylic acids is 1. The van der Waals surface area contributed by atoms with Crippen molar-refractivity contribution in [1.29, 1.82) is 0 Å². The first kappa shape index (κ1) is 15.8. The second kappa shape index (κ2) is 6.58. The SMILES string of the molecule is O=C(O)C1Cc2c(Br)cccc2CN1C(=O)CCc1ccoc1. The topological polar surface area (TPSA) is 70.8 Å². The van der Waals surface area contributed by atoms with Crippen molar-refractivity contribution in [3.63, 3.8) is 0 Å². The number of halogens is 1. The summed E-state index contributed by atoms with van der Waals surface area (Å²) in [6.07, 6.45) is 4.30. The van der Waals surface area contributed by atoms with Crippen LogP contribution in [0.5, 0.6) is 0 Å². The Morgan fingerprint density at radius 1 is 1.35 bits per heavy atom. The summed E-state index contributed by atoms with van der Waals surface area (Å²) in [6.45, 7) is 0.329. The summed E-state index contributed by atoms with van der Waals surface area (Å²) >= 11 is 3.47. The fourth-order valence-corrected chi connectivity index (χ4v) is 3.46. The molecule has 1 aliphatic heterocycles. The van der Waals surface area contributed by atoms with Crippen LogP contribution in [0.3, 0.4) is 0 Å². The van der Waals surface area contributed by atoms with Gasteiger partial charge in [0.05, 0.1) is 12.5 Å². The highest BCUT2D eigenvalue weighted by molar-refractivity contribution is 9.10. The minimum Gasteiger partial charge on any atom is -0.480 e. The molecule has 0 radical (unpaired) electrons. The molecule has 1 aromatic carbocycles. The summed E-state index contributed by atoms with van der Waals surface area (Å²) in [7, 11) is 0. The first-order valence-corrected chi connectivity index (χ1v) is 8.15. The standard InChI is InChI=1S/C17H16BrNO4/c18-14-3-1-2-12-9-19(15(17(21)22)8-13(12)14)16(20)5-4-11-6-7-23-10-11/h1-3,6-7,10,15H,4-5,8-9H2,(H,21,22). The Morgan fingerprint density at radius 3 is 2.87 bits per heavy atom. The van der Waals surface area contributed by atoms with Crippen molar-refractivity contribution in [1.82, 2.24) is 4.90 Å². The van der Waals surface area contributed by atoms with Crippen molar-refractivity contribution < 1.29 is 19.1 Å². The third-order valence-corrected chi connectivity index (χ3v) is 4.89. The Morgan fingerprint density at radius 2 is 2.17 bits per heavy atom. The van der Waals surface area contributed by atoms with E-state index in [4.69, 9.17) is 4.42 Å². The first-order chi connectivity index (χ1) is 11.1. The van der Waals surface area contributed by atoms with Gasteiger partial charge in [-0.1, -0.05) is 28.1 Å². The molecule has 1 aliphatic rings. The van der Waals surface area contributed by atoms with Crippen molar-refractivity contribution in [3.8, 4) is 0 Å². The lowest BCUT2D eigenvalue weighted by atomic mass is 9.93. The summed E-state index contributed by atoms with van der Waals surface area (Å²) in [5.74, 6) is -1.12. The highest BCUT2D eigenvalue weighted by atomic mass is 79.9. The average Bonchev–Trinajstić information content (AvgIpc) is 3.05. The monoisotopic (exact) mass is 377 g/mol. The van der Waals surface area contributed by atoms with Crippen LogP contribution in [0.25, 0.3) is 0 Å². The predicted molar refractivity (Wildman–Crippen MR) is 86.8 cm³/mol. The van der Waals surface area contributed by atoms with Gasteiger partial charge in [-0.25, -0.2) is 4.79 Å². The minimum absolute atomic E-state index is 0.149. The van der Waals surface area contributed by atoms with E-state index in [-0.39, 0.29) is 12.3 Å². The van der Waals surface area contributed by atoms with Gasteiger partial charge in [0.1, 0.15) is 6.04 Å². The Kier molecular flexibility index (Phi) is 4.52. The van der Waals surface area contributed by atoms with Crippen LogP contribution in [-0.4, -0.2) is 27.9 Å². The van der Waals surface area contributed by atoms with Crippen LogP contribution < -0.4 is 0 Å². The second-order valence-electron chi connectivity index (χ2n) is 5.59. The van der Waals surface area contributed by atoms with Crippen LogP contribution >= 0.6 is 15.9 Å². The number of carboxylic acid groups (broad SMARTS) is 1.